The number of thiazole rings is 1. The quantitative estimate of drug-likeness (QED) is 0.586. The van der Waals surface area contributed by atoms with Crippen LogP contribution in [-0.4, -0.2) is 29.0 Å². The number of fused-ring (bicyclic) bond motifs is 1. The van der Waals surface area contributed by atoms with E-state index in [1.54, 1.807) is 23.2 Å². The summed E-state index contributed by atoms with van der Waals surface area (Å²) in [6.07, 6.45) is 0.0352. The van der Waals surface area contributed by atoms with Gasteiger partial charge in [-0.1, -0.05) is 18.2 Å². The van der Waals surface area contributed by atoms with Gasteiger partial charge in [0.1, 0.15) is 5.01 Å². The van der Waals surface area contributed by atoms with E-state index < -0.39 is 12.1 Å². The number of amides is 1. The smallest absolute Gasteiger partial charge is 0.312 e. The fourth-order valence-electron chi connectivity index (χ4n) is 3.44. The zero-order chi connectivity index (χ0) is 19.7. The number of thiophene rings is 1. The standard InChI is InChI=1S/C21H20N2O3S2/c1-13-9-15-5-3-4-6-18(15)23(13)21(25)14(2)26-19(24)10-17-12-28-20(22-17)16-7-8-27-11-16/h3-8,11-14H,9-10H2,1-2H3/t13-,14+/m0/s1. The molecule has 144 valence electrons. The van der Waals surface area contributed by atoms with Crippen LogP contribution in [0, 0.1) is 0 Å². The summed E-state index contributed by atoms with van der Waals surface area (Å²) in [6.45, 7) is 3.64. The number of anilines is 1. The van der Waals surface area contributed by atoms with Crippen molar-refractivity contribution in [1.29, 1.82) is 0 Å². The molecular formula is C21H20N2O3S2. The number of ether oxygens (including phenoxy) is 1. The summed E-state index contributed by atoms with van der Waals surface area (Å²) >= 11 is 3.11. The van der Waals surface area contributed by atoms with E-state index in [2.05, 4.69) is 4.98 Å². The third-order valence-electron chi connectivity index (χ3n) is 4.75. The van der Waals surface area contributed by atoms with Gasteiger partial charge in [0.25, 0.3) is 5.91 Å². The lowest BCUT2D eigenvalue weighted by molar-refractivity contribution is -0.153. The number of hydrogen-bond donors (Lipinski definition) is 0. The van der Waals surface area contributed by atoms with Crippen molar-refractivity contribution in [3.63, 3.8) is 0 Å². The Morgan fingerprint density at radius 2 is 2.11 bits per heavy atom. The Morgan fingerprint density at radius 1 is 1.29 bits per heavy atom. The number of rotatable bonds is 5. The number of para-hydroxylation sites is 1. The average molecular weight is 413 g/mol. The molecule has 1 amide bonds. The van der Waals surface area contributed by atoms with Crippen molar-refractivity contribution in [2.75, 3.05) is 4.90 Å². The maximum absolute atomic E-state index is 12.9. The molecule has 0 N–H and O–H groups in total. The van der Waals surface area contributed by atoms with Crippen LogP contribution >= 0.6 is 22.7 Å². The maximum Gasteiger partial charge on any atom is 0.312 e. The summed E-state index contributed by atoms with van der Waals surface area (Å²) in [7, 11) is 0. The van der Waals surface area contributed by atoms with Crippen molar-refractivity contribution in [2.45, 2.75) is 38.8 Å². The van der Waals surface area contributed by atoms with Crippen LogP contribution in [0.25, 0.3) is 10.6 Å². The Morgan fingerprint density at radius 3 is 2.89 bits per heavy atom. The zero-order valence-corrected chi connectivity index (χ0v) is 17.3. The minimum Gasteiger partial charge on any atom is -0.452 e. The molecule has 0 radical (unpaired) electrons. The van der Waals surface area contributed by atoms with E-state index in [0.29, 0.717) is 5.69 Å². The third-order valence-corrected chi connectivity index (χ3v) is 6.37. The van der Waals surface area contributed by atoms with Crippen LogP contribution in [0.4, 0.5) is 5.69 Å². The predicted molar refractivity (Wildman–Crippen MR) is 112 cm³/mol. The highest BCUT2D eigenvalue weighted by molar-refractivity contribution is 7.14. The van der Waals surface area contributed by atoms with Crippen molar-refractivity contribution in [3.8, 4) is 10.6 Å². The highest BCUT2D eigenvalue weighted by Crippen LogP contribution is 2.32. The Bertz CT molecular complexity index is 997. The molecule has 4 rings (SSSR count). The van der Waals surface area contributed by atoms with Crippen LogP contribution in [0.3, 0.4) is 0 Å². The number of esters is 1. The first-order valence-corrected chi connectivity index (χ1v) is 10.9. The minimum atomic E-state index is -0.837. The fraction of sp³-hybridized carbons (Fsp3) is 0.286. The third kappa shape index (κ3) is 3.72. The van der Waals surface area contributed by atoms with Gasteiger partial charge in [-0.05, 0) is 43.3 Å². The number of aromatic nitrogens is 1. The van der Waals surface area contributed by atoms with E-state index in [0.717, 1.165) is 28.2 Å². The number of nitrogens with zero attached hydrogens (tertiary/aromatic N) is 2. The Kier molecular flexibility index (Phi) is 5.28. The average Bonchev–Trinajstić information content (AvgIpc) is 3.39. The van der Waals surface area contributed by atoms with Gasteiger partial charge in [0.15, 0.2) is 6.10 Å². The molecule has 3 heterocycles. The molecule has 2 atom stereocenters. The molecule has 7 heteroatoms. The maximum atomic E-state index is 12.9. The van der Waals surface area contributed by atoms with Crippen molar-refractivity contribution < 1.29 is 14.3 Å². The monoisotopic (exact) mass is 412 g/mol. The molecule has 5 nitrogen and oxygen atoms in total. The van der Waals surface area contributed by atoms with Gasteiger partial charge in [-0.15, -0.1) is 11.3 Å². The summed E-state index contributed by atoms with van der Waals surface area (Å²) in [5, 5.41) is 6.77. The minimum absolute atomic E-state index is 0.0535. The van der Waals surface area contributed by atoms with Crippen LogP contribution in [0.5, 0.6) is 0 Å². The molecule has 0 spiro atoms. The topological polar surface area (TPSA) is 59.5 Å². The number of carbonyl (C=O) groups is 2. The van der Waals surface area contributed by atoms with Crippen LogP contribution < -0.4 is 4.90 Å². The van der Waals surface area contributed by atoms with Crippen LogP contribution in [0.2, 0.25) is 0 Å². The second-order valence-corrected chi connectivity index (χ2v) is 8.49. The molecule has 0 saturated carbocycles. The van der Waals surface area contributed by atoms with Gasteiger partial charge >= 0.3 is 5.97 Å². The van der Waals surface area contributed by atoms with Crippen LogP contribution in [-0.2, 0) is 27.2 Å². The zero-order valence-electron chi connectivity index (χ0n) is 15.6. The predicted octanol–water partition coefficient (Wildman–Crippen LogP) is 4.32. The summed E-state index contributed by atoms with van der Waals surface area (Å²) in [6, 6.07) is 9.91. The lowest BCUT2D eigenvalue weighted by Gasteiger charge is -2.25. The molecule has 1 aromatic carbocycles. The van der Waals surface area contributed by atoms with Crippen LogP contribution in [0.15, 0.2) is 46.5 Å². The van der Waals surface area contributed by atoms with Gasteiger partial charge in [0.2, 0.25) is 0 Å². The summed E-state index contributed by atoms with van der Waals surface area (Å²) in [4.78, 5) is 31.5. The van der Waals surface area contributed by atoms with E-state index in [-0.39, 0.29) is 18.4 Å². The molecule has 0 fully saturated rings. The molecule has 0 saturated heterocycles. The SMILES string of the molecule is C[C@@H](OC(=O)Cc1csc(-c2ccsc2)n1)C(=O)N1c2ccccc2C[C@@H]1C. The molecule has 2 aromatic heterocycles. The molecule has 1 aliphatic rings. The largest absolute Gasteiger partial charge is 0.452 e. The molecular weight excluding hydrogens is 392 g/mol. The van der Waals surface area contributed by atoms with E-state index in [1.165, 1.54) is 11.3 Å². The number of carbonyl (C=O) groups excluding carboxylic acids is 2. The lowest BCUT2D eigenvalue weighted by atomic mass is 10.1. The molecule has 3 aromatic rings. The van der Waals surface area contributed by atoms with E-state index in [1.807, 2.05) is 53.4 Å². The highest BCUT2D eigenvalue weighted by atomic mass is 32.1. The molecule has 0 aliphatic carbocycles. The molecule has 0 bridgehead atoms. The highest BCUT2D eigenvalue weighted by Gasteiger charge is 2.34. The lowest BCUT2D eigenvalue weighted by Crippen LogP contribution is -2.43. The van der Waals surface area contributed by atoms with Crippen molar-refractivity contribution >= 4 is 40.2 Å². The van der Waals surface area contributed by atoms with Gasteiger partial charge in [-0.2, -0.15) is 11.3 Å². The Balaban J connectivity index is 1.39. The van der Waals surface area contributed by atoms with Gasteiger partial charge in [-0.3, -0.25) is 9.59 Å². The molecule has 1 aliphatic heterocycles. The summed E-state index contributed by atoms with van der Waals surface area (Å²) in [5.41, 5.74) is 3.77. The Labute approximate surface area is 171 Å². The first-order chi connectivity index (χ1) is 13.5. The van der Waals surface area contributed by atoms with E-state index in [9.17, 15) is 9.59 Å². The van der Waals surface area contributed by atoms with Crippen molar-refractivity contribution in [1.82, 2.24) is 4.98 Å². The first kappa shape index (κ1) is 18.8. The number of benzene rings is 1. The van der Waals surface area contributed by atoms with E-state index in [4.69, 9.17) is 4.74 Å². The summed E-state index contributed by atoms with van der Waals surface area (Å²) in [5.74, 6) is -0.633. The van der Waals surface area contributed by atoms with Gasteiger partial charge in [-0.25, -0.2) is 4.98 Å². The van der Waals surface area contributed by atoms with Crippen LogP contribution in [0.1, 0.15) is 25.1 Å². The molecule has 0 unspecified atom stereocenters. The first-order valence-electron chi connectivity index (χ1n) is 9.10. The van der Waals surface area contributed by atoms with Crippen molar-refractivity contribution in [2.24, 2.45) is 0 Å². The Hall–Kier alpha value is -2.51. The fourth-order valence-corrected chi connectivity index (χ4v) is 4.97. The van der Waals surface area contributed by atoms with Crippen molar-refractivity contribution in [3.05, 3.63) is 57.7 Å². The van der Waals surface area contributed by atoms with Gasteiger partial charge in [0, 0.05) is 28.1 Å². The normalized spacial score (nSPS) is 16.6. The summed E-state index contributed by atoms with van der Waals surface area (Å²) < 4.78 is 5.43. The van der Waals surface area contributed by atoms with Gasteiger partial charge in [0.05, 0.1) is 12.1 Å². The van der Waals surface area contributed by atoms with Gasteiger partial charge < -0.3 is 9.64 Å². The number of hydrogen-bond acceptors (Lipinski definition) is 6. The second-order valence-electron chi connectivity index (χ2n) is 6.85. The van der Waals surface area contributed by atoms with E-state index >= 15 is 0 Å². The second kappa shape index (κ2) is 7.85. The molecule has 28 heavy (non-hydrogen) atoms.